The fourth-order valence-electron chi connectivity index (χ4n) is 3.53. The monoisotopic (exact) mass is 431 g/mol. The Morgan fingerprint density at radius 3 is 2.39 bits per heavy atom. The van der Waals surface area contributed by atoms with Gasteiger partial charge in [0.25, 0.3) is 0 Å². The van der Waals surface area contributed by atoms with E-state index in [9.17, 15) is 9.18 Å². The van der Waals surface area contributed by atoms with Crippen LogP contribution in [0.2, 0.25) is 0 Å². The number of carbonyl (C=O) groups is 1. The van der Waals surface area contributed by atoms with Crippen LogP contribution in [0, 0.1) is 5.82 Å². The molecule has 31 heavy (non-hydrogen) atoms. The normalized spacial score (nSPS) is 19.6. The van der Waals surface area contributed by atoms with Gasteiger partial charge in [0.1, 0.15) is 17.2 Å². The zero-order valence-electron chi connectivity index (χ0n) is 18.5. The molecule has 0 radical (unpaired) electrons. The van der Waals surface area contributed by atoms with Crippen molar-refractivity contribution < 1.29 is 28.2 Å². The molecule has 168 valence electrons. The predicted octanol–water partition coefficient (Wildman–Crippen LogP) is 5.08. The molecule has 0 bridgehead atoms. The molecule has 1 heterocycles. The summed E-state index contributed by atoms with van der Waals surface area (Å²) in [4.78, 5) is 17.5. The molecule has 2 unspecified atom stereocenters. The molecule has 2 atom stereocenters. The van der Waals surface area contributed by atoms with Gasteiger partial charge >= 0.3 is 6.16 Å². The number of piperidine rings is 1. The Morgan fingerprint density at radius 2 is 1.77 bits per heavy atom. The van der Waals surface area contributed by atoms with Crippen molar-refractivity contribution >= 4 is 6.16 Å². The number of hydrogen-bond acceptors (Lipinski definition) is 6. The van der Waals surface area contributed by atoms with Gasteiger partial charge < -0.3 is 19.0 Å². The van der Waals surface area contributed by atoms with Crippen LogP contribution in [0.3, 0.4) is 0 Å². The lowest BCUT2D eigenvalue weighted by Crippen LogP contribution is -2.45. The summed E-state index contributed by atoms with van der Waals surface area (Å²) in [7, 11) is 1.63. The van der Waals surface area contributed by atoms with Gasteiger partial charge in [-0.25, -0.2) is 9.18 Å². The van der Waals surface area contributed by atoms with Gasteiger partial charge in [-0.3, -0.25) is 0 Å². The SMILES string of the molecule is COc1ccc(COC2CN(OC(=O)OC(C)(C)C)CCC2c2ccc(F)cc2)cc1. The van der Waals surface area contributed by atoms with E-state index in [1.54, 1.807) is 45.1 Å². The molecule has 0 aliphatic carbocycles. The summed E-state index contributed by atoms with van der Waals surface area (Å²) in [6.07, 6.45) is -0.285. The lowest BCUT2D eigenvalue weighted by Gasteiger charge is -2.37. The summed E-state index contributed by atoms with van der Waals surface area (Å²) in [5.74, 6) is 0.560. The van der Waals surface area contributed by atoms with E-state index >= 15 is 0 Å². The van der Waals surface area contributed by atoms with Crippen LogP contribution in [0.1, 0.15) is 44.2 Å². The molecular weight excluding hydrogens is 401 g/mol. The zero-order chi connectivity index (χ0) is 22.4. The summed E-state index contributed by atoms with van der Waals surface area (Å²) in [6.45, 7) is 6.68. The number of hydrogen-bond donors (Lipinski definition) is 0. The molecule has 0 saturated carbocycles. The molecule has 1 aliphatic heterocycles. The molecule has 1 fully saturated rings. The van der Waals surface area contributed by atoms with Crippen molar-refractivity contribution in [2.75, 3.05) is 20.2 Å². The molecule has 2 aromatic carbocycles. The number of benzene rings is 2. The molecule has 7 heteroatoms. The lowest BCUT2D eigenvalue weighted by atomic mass is 9.87. The van der Waals surface area contributed by atoms with E-state index in [1.165, 1.54) is 12.1 Å². The number of nitrogens with zero attached hydrogens (tertiary/aromatic N) is 1. The lowest BCUT2D eigenvalue weighted by molar-refractivity contribution is -0.179. The molecule has 2 aromatic rings. The largest absolute Gasteiger partial charge is 0.528 e. The van der Waals surface area contributed by atoms with Gasteiger partial charge in [0.2, 0.25) is 0 Å². The van der Waals surface area contributed by atoms with Gasteiger partial charge in [-0.05, 0) is 62.6 Å². The number of ether oxygens (including phenoxy) is 3. The van der Waals surface area contributed by atoms with E-state index in [4.69, 9.17) is 19.0 Å². The summed E-state index contributed by atoms with van der Waals surface area (Å²) < 4.78 is 30.1. The van der Waals surface area contributed by atoms with E-state index < -0.39 is 11.8 Å². The summed E-state index contributed by atoms with van der Waals surface area (Å²) >= 11 is 0. The van der Waals surface area contributed by atoms with Gasteiger partial charge in [0.05, 0.1) is 26.4 Å². The van der Waals surface area contributed by atoms with Gasteiger partial charge in [0.15, 0.2) is 0 Å². The van der Waals surface area contributed by atoms with Crippen molar-refractivity contribution in [2.24, 2.45) is 0 Å². The summed E-state index contributed by atoms with van der Waals surface area (Å²) in [5.41, 5.74) is 1.37. The Morgan fingerprint density at radius 1 is 1.10 bits per heavy atom. The van der Waals surface area contributed by atoms with Crippen molar-refractivity contribution in [1.82, 2.24) is 5.06 Å². The minimum Gasteiger partial charge on any atom is -0.497 e. The van der Waals surface area contributed by atoms with Gasteiger partial charge in [-0.15, -0.1) is 5.06 Å². The molecule has 1 aliphatic rings. The first-order valence-electron chi connectivity index (χ1n) is 10.4. The van der Waals surface area contributed by atoms with Crippen molar-refractivity contribution in [3.8, 4) is 5.75 Å². The molecule has 0 spiro atoms. The molecule has 3 rings (SSSR count). The molecule has 0 N–H and O–H groups in total. The Labute approximate surface area is 182 Å². The standard InChI is InChI=1S/C24H30FNO5/c1-24(2,3)30-23(27)31-26-14-13-21(18-7-9-19(25)10-8-18)22(15-26)29-16-17-5-11-20(28-4)12-6-17/h5-12,21-22H,13-16H2,1-4H3. The number of carbonyl (C=O) groups excluding carboxylic acids is 1. The highest BCUT2D eigenvalue weighted by Gasteiger charge is 2.34. The third kappa shape index (κ3) is 6.94. The third-order valence-electron chi connectivity index (χ3n) is 5.04. The second-order valence-electron chi connectivity index (χ2n) is 8.59. The smallest absolute Gasteiger partial charge is 0.497 e. The molecular formula is C24H30FNO5. The Bertz CT molecular complexity index is 848. The van der Waals surface area contributed by atoms with Crippen LogP contribution in [0.5, 0.6) is 5.75 Å². The number of halogens is 1. The second kappa shape index (κ2) is 10.1. The van der Waals surface area contributed by atoms with E-state index in [2.05, 4.69) is 0 Å². The first-order valence-corrected chi connectivity index (χ1v) is 10.4. The molecule has 1 saturated heterocycles. The van der Waals surface area contributed by atoms with E-state index in [-0.39, 0.29) is 17.8 Å². The fourth-order valence-corrected chi connectivity index (χ4v) is 3.53. The van der Waals surface area contributed by atoms with Gasteiger partial charge in [-0.1, -0.05) is 24.3 Å². The third-order valence-corrected chi connectivity index (χ3v) is 5.04. The minimum atomic E-state index is -0.735. The van der Waals surface area contributed by atoms with E-state index in [0.29, 0.717) is 26.1 Å². The number of methoxy groups -OCH3 is 1. The van der Waals surface area contributed by atoms with Crippen LogP contribution < -0.4 is 4.74 Å². The van der Waals surface area contributed by atoms with Crippen molar-refractivity contribution in [1.29, 1.82) is 0 Å². The van der Waals surface area contributed by atoms with Crippen molar-refractivity contribution in [3.63, 3.8) is 0 Å². The van der Waals surface area contributed by atoms with Crippen LogP contribution in [0.15, 0.2) is 48.5 Å². The summed E-state index contributed by atoms with van der Waals surface area (Å²) in [5, 5.41) is 1.58. The maximum absolute atomic E-state index is 13.4. The van der Waals surface area contributed by atoms with Crippen LogP contribution in [-0.4, -0.2) is 43.1 Å². The van der Waals surface area contributed by atoms with Gasteiger partial charge in [-0.2, -0.15) is 0 Å². The predicted molar refractivity (Wildman–Crippen MR) is 114 cm³/mol. The molecule has 0 aromatic heterocycles. The number of hydroxylamine groups is 2. The second-order valence-corrected chi connectivity index (χ2v) is 8.59. The zero-order valence-corrected chi connectivity index (χ0v) is 18.5. The quantitative estimate of drug-likeness (QED) is 0.595. The Hall–Kier alpha value is -2.64. The highest BCUT2D eigenvalue weighted by atomic mass is 19.1. The average molecular weight is 432 g/mol. The molecule has 6 nitrogen and oxygen atoms in total. The van der Waals surface area contributed by atoms with Crippen LogP contribution in [-0.2, 0) is 20.9 Å². The van der Waals surface area contributed by atoms with Gasteiger partial charge in [0, 0.05) is 12.5 Å². The highest BCUT2D eigenvalue weighted by molar-refractivity contribution is 5.60. The number of rotatable bonds is 6. The first-order chi connectivity index (χ1) is 14.7. The Kier molecular flexibility index (Phi) is 7.51. The van der Waals surface area contributed by atoms with E-state index in [0.717, 1.165) is 16.9 Å². The highest BCUT2D eigenvalue weighted by Crippen LogP contribution is 2.31. The topological polar surface area (TPSA) is 57.2 Å². The van der Waals surface area contributed by atoms with Crippen molar-refractivity contribution in [2.45, 2.75) is 51.4 Å². The van der Waals surface area contributed by atoms with E-state index in [1.807, 2.05) is 24.3 Å². The fraction of sp³-hybridized carbons (Fsp3) is 0.458. The Balaban J connectivity index is 1.69. The maximum Gasteiger partial charge on any atom is 0.528 e. The van der Waals surface area contributed by atoms with Crippen LogP contribution in [0.25, 0.3) is 0 Å². The minimum absolute atomic E-state index is 0.0531. The molecule has 0 amide bonds. The maximum atomic E-state index is 13.4. The van der Waals surface area contributed by atoms with Crippen molar-refractivity contribution in [3.05, 3.63) is 65.5 Å². The summed E-state index contributed by atoms with van der Waals surface area (Å²) in [6, 6.07) is 14.2. The van der Waals surface area contributed by atoms with Crippen LogP contribution >= 0.6 is 0 Å². The first kappa shape index (κ1) is 23.0. The average Bonchev–Trinajstić information content (AvgIpc) is 2.72. The van der Waals surface area contributed by atoms with Crippen LogP contribution in [0.4, 0.5) is 9.18 Å².